The van der Waals surface area contributed by atoms with Crippen molar-refractivity contribution in [3.05, 3.63) is 72.6 Å². The number of hydrogen-bond acceptors (Lipinski definition) is 6. The number of nitrogens with zero attached hydrogens (tertiary/aromatic N) is 5. The van der Waals surface area contributed by atoms with Gasteiger partial charge in [-0.2, -0.15) is 4.98 Å². The minimum Gasteiger partial charge on any atom is -0.417 e. The van der Waals surface area contributed by atoms with Crippen LogP contribution >= 0.6 is 0 Å². The van der Waals surface area contributed by atoms with Gasteiger partial charge in [-0.1, -0.05) is 48.5 Å². The monoisotopic (exact) mass is 371 g/mol. The second-order valence-corrected chi connectivity index (χ2v) is 6.98. The highest BCUT2D eigenvalue weighted by Crippen LogP contribution is 2.28. The third kappa shape index (κ3) is 3.34. The normalized spacial score (nSPS) is 15.2. The Kier molecular flexibility index (Phi) is 4.47. The summed E-state index contributed by atoms with van der Waals surface area (Å²) < 4.78 is 5.89. The second kappa shape index (κ2) is 7.40. The van der Waals surface area contributed by atoms with Crippen molar-refractivity contribution in [1.29, 1.82) is 0 Å². The summed E-state index contributed by atoms with van der Waals surface area (Å²) in [7, 11) is 0. The number of piperazine rings is 1. The number of oxazole rings is 1. The van der Waals surface area contributed by atoms with Gasteiger partial charge in [-0.05, 0) is 17.7 Å². The highest BCUT2D eigenvalue weighted by Gasteiger charge is 2.22. The predicted octanol–water partition coefficient (Wildman–Crippen LogP) is 3.61. The number of aromatic nitrogens is 3. The lowest BCUT2D eigenvalue weighted by atomic mass is 10.2. The largest absolute Gasteiger partial charge is 0.417 e. The Balaban J connectivity index is 1.35. The van der Waals surface area contributed by atoms with Crippen molar-refractivity contribution >= 4 is 17.0 Å². The first-order valence-electron chi connectivity index (χ1n) is 9.55. The first-order chi connectivity index (χ1) is 13.9. The topological polar surface area (TPSA) is 58.3 Å². The summed E-state index contributed by atoms with van der Waals surface area (Å²) >= 11 is 0. The average molecular weight is 371 g/mol. The molecule has 0 amide bonds. The van der Waals surface area contributed by atoms with E-state index in [-0.39, 0.29) is 0 Å². The van der Waals surface area contributed by atoms with Crippen LogP contribution in [0.3, 0.4) is 0 Å². The Labute approximate surface area is 163 Å². The van der Waals surface area contributed by atoms with Crippen molar-refractivity contribution in [2.75, 3.05) is 31.1 Å². The summed E-state index contributed by atoms with van der Waals surface area (Å²) in [6, 6.07) is 20.5. The number of hydrogen-bond donors (Lipinski definition) is 0. The standard InChI is InChI=1S/C22H21N5O/c1-3-7-17(8-4-1)15-26-11-13-27(14-12-26)20-19-22(24-16-23-20)28-21(25-19)18-9-5-2-6-10-18/h1-10,16H,11-15H2. The van der Waals surface area contributed by atoms with Gasteiger partial charge >= 0.3 is 0 Å². The van der Waals surface area contributed by atoms with Crippen LogP contribution in [-0.4, -0.2) is 46.0 Å². The van der Waals surface area contributed by atoms with Gasteiger partial charge in [0.2, 0.25) is 5.89 Å². The van der Waals surface area contributed by atoms with Crippen LogP contribution in [0, 0.1) is 0 Å². The summed E-state index contributed by atoms with van der Waals surface area (Å²) in [5.74, 6) is 1.44. The molecule has 1 saturated heterocycles. The van der Waals surface area contributed by atoms with E-state index in [1.807, 2.05) is 30.3 Å². The van der Waals surface area contributed by atoms with Crippen LogP contribution in [0.1, 0.15) is 5.56 Å². The molecule has 1 fully saturated rings. The lowest BCUT2D eigenvalue weighted by molar-refractivity contribution is 0.249. The Bertz CT molecular complexity index is 1060. The molecule has 0 unspecified atom stereocenters. The summed E-state index contributed by atoms with van der Waals surface area (Å²) in [6.07, 6.45) is 1.56. The fraction of sp³-hybridized carbons (Fsp3) is 0.227. The van der Waals surface area contributed by atoms with Crippen molar-refractivity contribution < 1.29 is 4.42 Å². The van der Waals surface area contributed by atoms with Gasteiger partial charge in [0.05, 0.1) is 0 Å². The molecule has 0 aliphatic carbocycles. The maximum atomic E-state index is 5.89. The van der Waals surface area contributed by atoms with Crippen LogP contribution in [0.5, 0.6) is 0 Å². The van der Waals surface area contributed by atoms with Gasteiger partial charge in [-0.25, -0.2) is 9.97 Å². The number of rotatable bonds is 4. The molecule has 3 heterocycles. The van der Waals surface area contributed by atoms with E-state index >= 15 is 0 Å². The second-order valence-electron chi connectivity index (χ2n) is 6.98. The number of benzene rings is 2. The molecule has 28 heavy (non-hydrogen) atoms. The molecule has 0 atom stereocenters. The first kappa shape index (κ1) is 16.9. The zero-order valence-corrected chi connectivity index (χ0v) is 15.5. The molecule has 1 aliphatic heterocycles. The van der Waals surface area contributed by atoms with E-state index < -0.39 is 0 Å². The lowest BCUT2D eigenvalue weighted by Crippen LogP contribution is -2.46. The Hall–Kier alpha value is -3.25. The van der Waals surface area contributed by atoms with Gasteiger partial charge in [0.25, 0.3) is 5.71 Å². The van der Waals surface area contributed by atoms with Crippen LogP contribution in [0.15, 0.2) is 71.4 Å². The highest BCUT2D eigenvalue weighted by molar-refractivity contribution is 5.83. The van der Waals surface area contributed by atoms with Crippen molar-refractivity contribution in [3.8, 4) is 11.5 Å². The first-order valence-corrected chi connectivity index (χ1v) is 9.55. The Morgan fingerprint density at radius 2 is 1.54 bits per heavy atom. The zero-order chi connectivity index (χ0) is 18.8. The average Bonchev–Trinajstić information content (AvgIpc) is 3.20. The van der Waals surface area contributed by atoms with Gasteiger partial charge in [-0.15, -0.1) is 0 Å². The van der Waals surface area contributed by atoms with E-state index in [0.29, 0.717) is 11.6 Å². The van der Waals surface area contributed by atoms with E-state index in [4.69, 9.17) is 9.40 Å². The van der Waals surface area contributed by atoms with Crippen LogP contribution in [0.25, 0.3) is 22.7 Å². The van der Waals surface area contributed by atoms with Gasteiger partial charge in [0.1, 0.15) is 6.33 Å². The third-order valence-electron chi connectivity index (χ3n) is 5.12. The fourth-order valence-corrected chi connectivity index (χ4v) is 3.64. The summed E-state index contributed by atoms with van der Waals surface area (Å²) in [5.41, 5.74) is 3.57. The smallest absolute Gasteiger partial charge is 0.252 e. The lowest BCUT2D eigenvalue weighted by Gasteiger charge is -2.35. The highest BCUT2D eigenvalue weighted by atomic mass is 16.4. The van der Waals surface area contributed by atoms with E-state index in [1.54, 1.807) is 6.33 Å². The van der Waals surface area contributed by atoms with Crippen LogP contribution in [-0.2, 0) is 6.54 Å². The molecule has 4 aromatic rings. The van der Waals surface area contributed by atoms with Crippen LogP contribution < -0.4 is 4.90 Å². The molecule has 0 N–H and O–H groups in total. The molecular formula is C22H21N5O. The van der Waals surface area contributed by atoms with E-state index in [2.05, 4.69) is 50.1 Å². The summed E-state index contributed by atoms with van der Waals surface area (Å²) in [4.78, 5) is 18.2. The molecule has 2 aromatic carbocycles. The van der Waals surface area contributed by atoms with E-state index in [0.717, 1.165) is 49.6 Å². The minimum atomic E-state index is 0.538. The molecule has 140 valence electrons. The fourth-order valence-electron chi connectivity index (χ4n) is 3.64. The van der Waals surface area contributed by atoms with Crippen molar-refractivity contribution in [3.63, 3.8) is 0 Å². The molecule has 0 bridgehead atoms. The van der Waals surface area contributed by atoms with Gasteiger partial charge in [0.15, 0.2) is 11.3 Å². The third-order valence-corrected chi connectivity index (χ3v) is 5.12. The molecule has 0 saturated carbocycles. The molecule has 6 nitrogen and oxygen atoms in total. The number of anilines is 1. The molecule has 6 heteroatoms. The van der Waals surface area contributed by atoms with Crippen molar-refractivity contribution in [2.45, 2.75) is 6.54 Å². The minimum absolute atomic E-state index is 0.538. The Morgan fingerprint density at radius 1 is 0.821 bits per heavy atom. The van der Waals surface area contributed by atoms with E-state index in [9.17, 15) is 0 Å². The van der Waals surface area contributed by atoms with Gasteiger partial charge < -0.3 is 9.32 Å². The van der Waals surface area contributed by atoms with Crippen molar-refractivity contribution in [1.82, 2.24) is 19.9 Å². The van der Waals surface area contributed by atoms with Crippen molar-refractivity contribution in [2.24, 2.45) is 0 Å². The molecule has 0 spiro atoms. The summed E-state index contributed by atoms with van der Waals surface area (Å²) in [6.45, 7) is 4.78. The molecule has 0 radical (unpaired) electrons. The molecule has 5 rings (SSSR count). The quantitative estimate of drug-likeness (QED) is 0.546. The number of fused-ring (bicyclic) bond motifs is 1. The van der Waals surface area contributed by atoms with Gasteiger partial charge in [-0.3, -0.25) is 4.90 Å². The van der Waals surface area contributed by atoms with Crippen LogP contribution in [0.4, 0.5) is 5.82 Å². The zero-order valence-electron chi connectivity index (χ0n) is 15.5. The molecule has 1 aliphatic rings. The van der Waals surface area contributed by atoms with E-state index in [1.165, 1.54) is 5.56 Å². The molecule has 2 aromatic heterocycles. The SMILES string of the molecule is c1ccc(CN2CCN(c3ncnc4oc(-c5ccccc5)nc34)CC2)cc1. The summed E-state index contributed by atoms with van der Waals surface area (Å²) in [5, 5.41) is 0. The predicted molar refractivity (Wildman–Crippen MR) is 109 cm³/mol. The maximum absolute atomic E-state index is 5.89. The Morgan fingerprint density at radius 3 is 2.29 bits per heavy atom. The maximum Gasteiger partial charge on any atom is 0.252 e. The van der Waals surface area contributed by atoms with Crippen LogP contribution in [0.2, 0.25) is 0 Å². The van der Waals surface area contributed by atoms with Gasteiger partial charge in [0, 0.05) is 38.3 Å². The molecular weight excluding hydrogens is 350 g/mol.